The Morgan fingerprint density at radius 2 is 2.18 bits per heavy atom. The minimum Gasteiger partial charge on any atom is -0.367 e. The first-order chi connectivity index (χ1) is 8.30. The Balaban J connectivity index is 2.26. The Bertz CT molecular complexity index is 361. The summed E-state index contributed by atoms with van der Waals surface area (Å²) in [7, 11) is 0. The molecule has 1 heterocycles. The monoisotopic (exact) mass is 235 g/mol. The van der Waals surface area contributed by atoms with Crippen molar-refractivity contribution < 1.29 is 4.74 Å². The minimum absolute atomic E-state index is 0.237. The summed E-state index contributed by atoms with van der Waals surface area (Å²) >= 11 is 0. The van der Waals surface area contributed by atoms with Gasteiger partial charge in [-0.15, -0.1) is 0 Å². The molecule has 1 aromatic rings. The van der Waals surface area contributed by atoms with Crippen LogP contribution in [0.4, 0.5) is 0 Å². The van der Waals surface area contributed by atoms with Gasteiger partial charge >= 0.3 is 0 Å². The molecule has 17 heavy (non-hydrogen) atoms. The zero-order valence-corrected chi connectivity index (χ0v) is 10.5. The van der Waals surface area contributed by atoms with Crippen LogP contribution < -0.4 is 5.73 Å². The number of rotatable bonds is 5. The van der Waals surface area contributed by atoms with Crippen LogP contribution in [0.3, 0.4) is 0 Å². The van der Waals surface area contributed by atoms with Gasteiger partial charge in [0.1, 0.15) is 5.60 Å². The molecular formula is C13H21N3O. The quantitative estimate of drug-likeness (QED) is 0.845. The lowest BCUT2D eigenvalue weighted by Gasteiger charge is -2.27. The third-order valence-electron chi connectivity index (χ3n) is 3.35. The largest absolute Gasteiger partial charge is 0.367 e. The van der Waals surface area contributed by atoms with Gasteiger partial charge in [0.2, 0.25) is 0 Å². The van der Waals surface area contributed by atoms with E-state index in [-0.39, 0.29) is 5.60 Å². The molecule has 0 radical (unpaired) electrons. The van der Waals surface area contributed by atoms with Crippen molar-refractivity contribution >= 4 is 0 Å². The Morgan fingerprint density at radius 1 is 1.41 bits per heavy atom. The van der Waals surface area contributed by atoms with Crippen molar-refractivity contribution in [1.29, 1.82) is 0 Å². The number of nitrogens with zero attached hydrogens (tertiary/aromatic N) is 2. The third-order valence-corrected chi connectivity index (χ3v) is 3.35. The summed E-state index contributed by atoms with van der Waals surface area (Å²) < 4.78 is 5.95. The summed E-state index contributed by atoms with van der Waals surface area (Å²) in [6, 6.07) is 1.94. The molecule has 2 rings (SSSR count). The van der Waals surface area contributed by atoms with Crippen LogP contribution in [0.15, 0.2) is 12.3 Å². The lowest BCUT2D eigenvalue weighted by Crippen LogP contribution is -2.29. The van der Waals surface area contributed by atoms with Crippen molar-refractivity contribution in [2.75, 3.05) is 13.2 Å². The number of nitrogens with two attached hydrogens (primary N) is 1. The van der Waals surface area contributed by atoms with Crippen molar-refractivity contribution in [2.45, 2.75) is 44.6 Å². The van der Waals surface area contributed by atoms with Crippen LogP contribution in [0.25, 0.3) is 0 Å². The van der Waals surface area contributed by atoms with E-state index in [1.807, 2.05) is 19.2 Å². The zero-order valence-electron chi connectivity index (χ0n) is 10.5. The first-order valence-electron chi connectivity index (χ1n) is 6.47. The van der Waals surface area contributed by atoms with E-state index in [1.165, 1.54) is 12.8 Å². The number of aromatic nitrogens is 2. The Hall–Kier alpha value is -1.00. The molecule has 0 atom stereocenters. The summed E-state index contributed by atoms with van der Waals surface area (Å²) in [5, 5.41) is 0. The van der Waals surface area contributed by atoms with E-state index in [0.29, 0.717) is 13.2 Å². The van der Waals surface area contributed by atoms with Crippen molar-refractivity contribution in [3.05, 3.63) is 23.8 Å². The first kappa shape index (κ1) is 12.5. The predicted molar refractivity (Wildman–Crippen MR) is 66.6 cm³/mol. The van der Waals surface area contributed by atoms with Gasteiger partial charge in [-0.2, -0.15) is 0 Å². The highest BCUT2D eigenvalue weighted by atomic mass is 16.5. The third kappa shape index (κ3) is 2.64. The van der Waals surface area contributed by atoms with Crippen LogP contribution in [-0.4, -0.2) is 23.1 Å². The summed E-state index contributed by atoms with van der Waals surface area (Å²) in [5.41, 5.74) is 6.34. The average molecular weight is 235 g/mol. The van der Waals surface area contributed by atoms with E-state index in [2.05, 4.69) is 9.97 Å². The van der Waals surface area contributed by atoms with Crippen molar-refractivity contribution in [2.24, 2.45) is 5.73 Å². The molecule has 0 aliphatic heterocycles. The van der Waals surface area contributed by atoms with Gasteiger partial charge in [0, 0.05) is 24.9 Å². The molecule has 94 valence electrons. The fraction of sp³-hybridized carbons (Fsp3) is 0.692. The number of hydrogen-bond donors (Lipinski definition) is 1. The fourth-order valence-corrected chi connectivity index (χ4v) is 2.56. The van der Waals surface area contributed by atoms with Gasteiger partial charge in [-0.25, -0.2) is 9.97 Å². The van der Waals surface area contributed by atoms with Crippen molar-refractivity contribution in [3.63, 3.8) is 0 Å². The molecule has 0 aromatic carbocycles. The maximum absolute atomic E-state index is 5.95. The smallest absolute Gasteiger partial charge is 0.160 e. The Labute approximate surface area is 103 Å². The van der Waals surface area contributed by atoms with Gasteiger partial charge in [-0.05, 0) is 45.2 Å². The van der Waals surface area contributed by atoms with E-state index >= 15 is 0 Å². The van der Waals surface area contributed by atoms with Gasteiger partial charge in [0.05, 0.1) is 0 Å². The molecular weight excluding hydrogens is 214 g/mol. The lowest BCUT2D eigenvalue weighted by atomic mass is 10.0. The molecule has 1 aromatic heterocycles. The van der Waals surface area contributed by atoms with E-state index < -0.39 is 0 Å². The maximum atomic E-state index is 5.95. The average Bonchev–Trinajstić information content (AvgIpc) is 2.80. The van der Waals surface area contributed by atoms with Gasteiger partial charge < -0.3 is 10.5 Å². The molecule has 4 heteroatoms. The van der Waals surface area contributed by atoms with Crippen molar-refractivity contribution in [3.8, 4) is 0 Å². The second kappa shape index (κ2) is 5.56. The van der Waals surface area contributed by atoms with E-state index in [9.17, 15) is 0 Å². The summed E-state index contributed by atoms with van der Waals surface area (Å²) in [4.78, 5) is 9.04. The molecule has 1 fully saturated rings. The lowest BCUT2D eigenvalue weighted by molar-refractivity contribution is -0.0458. The molecule has 4 nitrogen and oxygen atoms in total. The Morgan fingerprint density at radius 3 is 2.82 bits per heavy atom. The van der Waals surface area contributed by atoms with Crippen LogP contribution in [0.5, 0.6) is 0 Å². The molecule has 0 amide bonds. The highest BCUT2D eigenvalue weighted by molar-refractivity contribution is 5.10. The molecule has 1 aliphatic rings. The van der Waals surface area contributed by atoms with Crippen LogP contribution in [0.1, 0.15) is 44.1 Å². The van der Waals surface area contributed by atoms with E-state index in [4.69, 9.17) is 10.5 Å². The summed E-state index contributed by atoms with van der Waals surface area (Å²) in [6.07, 6.45) is 7.10. The molecule has 2 N–H and O–H groups in total. The normalized spacial score (nSPS) is 18.5. The highest BCUT2D eigenvalue weighted by Gasteiger charge is 2.39. The van der Waals surface area contributed by atoms with Gasteiger partial charge in [-0.1, -0.05) is 0 Å². The second-order valence-electron chi connectivity index (χ2n) is 4.54. The minimum atomic E-state index is -0.237. The van der Waals surface area contributed by atoms with E-state index in [1.54, 1.807) is 0 Å². The van der Waals surface area contributed by atoms with Gasteiger partial charge in [-0.3, -0.25) is 0 Å². The van der Waals surface area contributed by atoms with Gasteiger partial charge in [0.15, 0.2) is 5.82 Å². The highest BCUT2D eigenvalue weighted by Crippen LogP contribution is 2.40. The molecule has 0 spiro atoms. The SMILES string of the molecule is CCOC1(c2nccc(CCN)n2)CCCC1. The zero-order chi connectivity index (χ0) is 12.1. The van der Waals surface area contributed by atoms with E-state index in [0.717, 1.165) is 30.8 Å². The van der Waals surface area contributed by atoms with Crippen LogP contribution in [0, 0.1) is 0 Å². The molecule has 0 unspecified atom stereocenters. The molecule has 0 saturated heterocycles. The number of ether oxygens (including phenoxy) is 1. The second-order valence-corrected chi connectivity index (χ2v) is 4.54. The Kier molecular flexibility index (Phi) is 4.07. The predicted octanol–water partition coefficient (Wildman–Crippen LogP) is 1.78. The number of hydrogen-bond acceptors (Lipinski definition) is 4. The standard InChI is InChI=1S/C13H21N3O/c1-2-17-13(7-3-4-8-13)12-15-10-6-11(16-12)5-9-14/h6,10H,2-5,7-9,14H2,1H3. The van der Waals surface area contributed by atoms with Gasteiger partial charge in [0.25, 0.3) is 0 Å². The summed E-state index contributed by atoms with van der Waals surface area (Å²) in [6.45, 7) is 3.37. The maximum Gasteiger partial charge on any atom is 0.160 e. The molecule has 0 bridgehead atoms. The van der Waals surface area contributed by atoms with Crippen LogP contribution in [0.2, 0.25) is 0 Å². The fourth-order valence-electron chi connectivity index (χ4n) is 2.56. The molecule has 1 saturated carbocycles. The first-order valence-corrected chi connectivity index (χ1v) is 6.47. The van der Waals surface area contributed by atoms with Crippen LogP contribution in [-0.2, 0) is 16.8 Å². The van der Waals surface area contributed by atoms with Crippen LogP contribution >= 0.6 is 0 Å². The summed E-state index contributed by atoms with van der Waals surface area (Å²) in [5.74, 6) is 0.850. The topological polar surface area (TPSA) is 61.0 Å². The molecule has 1 aliphatic carbocycles. The van der Waals surface area contributed by atoms with Crippen molar-refractivity contribution in [1.82, 2.24) is 9.97 Å².